The molecule has 0 aliphatic rings. The van der Waals surface area contributed by atoms with E-state index in [0.717, 1.165) is 5.56 Å². The summed E-state index contributed by atoms with van der Waals surface area (Å²) in [6, 6.07) is 6.78. The van der Waals surface area contributed by atoms with Crippen molar-refractivity contribution in [2.24, 2.45) is 5.73 Å². The molecule has 0 unspecified atom stereocenters. The van der Waals surface area contributed by atoms with Crippen LogP contribution >= 0.6 is 11.3 Å². The Balaban J connectivity index is 2.11. The smallest absolute Gasteiger partial charge is 0.428 e. The van der Waals surface area contributed by atoms with Gasteiger partial charge in [0.15, 0.2) is 0 Å². The molecule has 0 spiro atoms. The Bertz CT molecular complexity index is 542. The van der Waals surface area contributed by atoms with Crippen LogP contribution in [-0.4, -0.2) is 12.5 Å². The fraction of sp³-hybridized carbons (Fsp3) is 0.231. The van der Waals surface area contributed by atoms with Crippen molar-refractivity contribution < 1.29 is 22.3 Å². The van der Waals surface area contributed by atoms with Gasteiger partial charge in [0.25, 0.3) is 0 Å². The summed E-state index contributed by atoms with van der Waals surface area (Å²) in [5.74, 6) is -0.337. The number of alkyl halides is 4. The zero-order valence-electron chi connectivity index (χ0n) is 10.1. The summed E-state index contributed by atoms with van der Waals surface area (Å²) in [6.07, 6.45) is -8.38. The molecule has 2 nitrogen and oxygen atoms in total. The molecule has 0 amide bonds. The molecule has 0 saturated heterocycles. The molecule has 1 aromatic heterocycles. The Morgan fingerprint density at radius 2 is 1.70 bits per heavy atom. The third-order valence-corrected chi connectivity index (χ3v) is 3.35. The van der Waals surface area contributed by atoms with Crippen molar-refractivity contribution in [2.75, 3.05) is 0 Å². The van der Waals surface area contributed by atoms with Gasteiger partial charge in [-0.25, -0.2) is 0 Å². The lowest BCUT2D eigenvalue weighted by atomic mass is 10.0. The van der Waals surface area contributed by atoms with Crippen molar-refractivity contribution in [2.45, 2.75) is 18.6 Å². The number of halogens is 4. The lowest BCUT2D eigenvalue weighted by molar-refractivity contribution is -0.253. The van der Waals surface area contributed by atoms with Crippen LogP contribution in [0.25, 0.3) is 0 Å². The third-order valence-electron chi connectivity index (χ3n) is 2.65. The Morgan fingerprint density at radius 1 is 1.05 bits per heavy atom. The van der Waals surface area contributed by atoms with Crippen molar-refractivity contribution in [3.63, 3.8) is 0 Å². The molecule has 108 valence electrons. The number of hydrogen-bond donors (Lipinski definition) is 1. The van der Waals surface area contributed by atoms with Crippen LogP contribution in [-0.2, 0) is 0 Å². The van der Waals surface area contributed by atoms with E-state index in [1.807, 2.05) is 16.8 Å². The Kier molecular flexibility index (Phi) is 4.29. The summed E-state index contributed by atoms with van der Waals surface area (Å²) < 4.78 is 53.4. The molecule has 1 atom stereocenters. The standard InChI is InChI=1S/C13H11F4NOS/c14-12(15)13(16,17)19-10-3-1-8(2-4-10)11(18)9-5-6-20-7-9/h1-7,11-12H,18H2/t11-/m1/s1. The van der Waals surface area contributed by atoms with E-state index in [-0.39, 0.29) is 5.75 Å². The highest BCUT2D eigenvalue weighted by atomic mass is 32.1. The van der Waals surface area contributed by atoms with Crippen LogP contribution in [0, 0.1) is 0 Å². The molecular weight excluding hydrogens is 294 g/mol. The first kappa shape index (κ1) is 14.8. The second-order valence-corrected chi connectivity index (χ2v) is 4.85. The lowest BCUT2D eigenvalue weighted by Crippen LogP contribution is -2.33. The number of benzene rings is 1. The largest absolute Gasteiger partial charge is 0.461 e. The van der Waals surface area contributed by atoms with Crippen molar-refractivity contribution in [1.29, 1.82) is 0 Å². The second kappa shape index (κ2) is 5.80. The highest BCUT2D eigenvalue weighted by Crippen LogP contribution is 2.29. The monoisotopic (exact) mass is 305 g/mol. The molecule has 0 bridgehead atoms. The topological polar surface area (TPSA) is 35.2 Å². The molecule has 0 fully saturated rings. The predicted octanol–water partition coefficient (Wildman–Crippen LogP) is 4.03. The van der Waals surface area contributed by atoms with Gasteiger partial charge in [0.1, 0.15) is 5.75 Å². The molecule has 0 aliphatic heterocycles. The Labute approximate surface area is 116 Å². The van der Waals surface area contributed by atoms with Gasteiger partial charge in [-0.1, -0.05) is 12.1 Å². The minimum Gasteiger partial charge on any atom is -0.428 e. The van der Waals surface area contributed by atoms with Crippen LogP contribution in [0.5, 0.6) is 5.75 Å². The number of rotatable bonds is 5. The Hall–Kier alpha value is -1.60. The number of thiophene rings is 1. The van der Waals surface area contributed by atoms with E-state index < -0.39 is 18.6 Å². The number of hydrogen-bond acceptors (Lipinski definition) is 3. The number of nitrogens with two attached hydrogens (primary N) is 1. The van der Waals surface area contributed by atoms with Gasteiger partial charge in [-0.3, -0.25) is 0 Å². The molecular formula is C13H11F4NOS. The average molecular weight is 305 g/mol. The minimum atomic E-state index is -4.50. The molecule has 7 heteroatoms. The maximum atomic E-state index is 12.7. The normalized spacial score (nSPS) is 13.5. The molecule has 0 saturated carbocycles. The van der Waals surface area contributed by atoms with Crippen molar-refractivity contribution in [3.8, 4) is 5.75 Å². The highest BCUT2D eigenvalue weighted by Gasteiger charge is 2.43. The summed E-state index contributed by atoms with van der Waals surface area (Å²) in [4.78, 5) is 0. The van der Waals surface area contributed by atoms with Gasteiger partial charge in [-0.05, 0) is 40.1 Å². The van der Waals surface area contributed by atoms with Crippen LogP contribution < -0.4 is 10.5 Å². The van der Waals surface area contributed by atoms with Crippen LogP contribution in [0.15, 0.2) is 41.1 Å². The summed E-state index contributed by atoms with van der Waals surface area (Å²) in [6.45, 7) is 0. The lowest BCUT2D eigenvalue weighted by Gasteiger charge is -2.17. The van der Waals surface area contributed by atoms with Gasteiger partial charge in [-0.15, -0.1) is 0 Å². The fourth-order valence-corrected chi connectivity index (χ4v) is 2.29. The first-order chi connectivity index (χ1) is 9.40. The summed E-state index contributed by atoms with van der Waals surface area (Å²) in [7, 11) is 0. The second-order valence-electron chi connectivity index (χ2n) is 4.07. The molecule has 2 rings (SSSR count). The van der Waals surface area contributed by atoms with Crippen LogP contribution in [0.2, 0.25) is 0 Å². The average Bonchev–Trinajstić information content (AvgIpc) is 2.92. The molecule has 1 aromatic carbocycles. The summed E-state index contributed by atoms with van der Waals surface area (Å²) in [5.41, 5.74) is 7.55. The molecule has 2 aromatic rings. The van der Waals surface area contributed by atoms with E-state index in [4.69, 9.17) is 5.73 Å². The summed E-state index contributed by atoms with van der Waals surface area (Å²) >= 11 is 1.49. The highest BCUT2D eigenvalue weighted by molar-refractivity contribution is 7.08. The predicted molar refractivity (Wildman–Crippen MR) is 68.4 cm³/mol. The fourth-order valence-electron chi connectivity index (χ4n) is 1.59. The van der Waals surface area contributed by atoms with Crippen molar-refractivity contribution >= 4 is 11.3 Å². The maximum absolute atomic E-state index is 12.7. The molecule has 20 heavy (non-hydrogen) atoms. The Morgan fingerprint density at radius 3 is 2.20 bits per heavy atom. The third kappa shape index (κ3) is 3.29. The van der Waals surface area contributed by atoms with Crippen LogP contribution in [0.4, 0.5) is 17.6 Å². The first-order valence-corrected chi connectivity index (χ1v) is 6.57. The molecule has 0 radical (unpaired) electrons. The summed E-state index contributed by atoms with van der Waals surface area (Å²) in [5, 5.41) is 3.75. The molecule has 2 N–H and O–H groups in total. The van der Waals surface area contributed by atoms with Crippen molar-refractivity contribution in [3.05, 3.63) is 52.2 Å². The van der Waals surface area contributed by atoms with E-state index in [9.17, 15) is 17.6 Å². The van der Waals surface area contributed by atoms with Crippen molar-refractivity contribution in [1.82, 2.24) is 0 Å². The van der Waals surface area contributed by atoms with Crippen LogP contribution in [0.3, 0.4) is 0 Å². The van der Waals surface area contributed by atoms with Gasteiger partial charge in [-0.2, -0.15) is 28.9 Å². The van der Waals surface area contributed by atoms with E-state index in [1.54, 1.807) is 0 Å². The quantitative estimate of drug-likeness (QED) is 0.846. The SMILES string of the molecule is N[C@H](c1ccc(OC(F)(F)C(F)F)cc1)c1ccsc1. The van der Waals surface area contributed by atoms with E-state index in [2.05, 4.69) is 4.74 Å². The van der Waals surface area contributed by atoms with E-state index >= 15 is 0 Å². The molecule has 1 heterocycles. The van der Waals surface area contributed by atoms with E-state index in [1.165, 1.54) is 35.6 Å². The van der Waals surface area contributed by atoms with E-state index in [0.29, 0.717) is 5.56 Å². The number of ether oxygens (including phenoxy) is 1. The zero-order valence-corrected chi connectivity index (χ0v) is 10.9. The minimum absolute atomic E-state index is 0.337. The van der Waals surface area contributed by atoms with Gasteiger partial charge in [0, 0.05) is 0 Å². The van der Waals surface area contributed by atoms with Gasteiger partial charge in [0.05, 0.1) is 6.04 Å². The molecule has 0 aliphatic carbocycles. The van der Waals surface area contributed by atoms with Gasteiger partial charge in [0.2, 0.25) is 0 Å². The zero-order chi connectivity index (χ0) is 14.8. The van der Waals surface area contributed by atoms with Crippen LogP contribution in [0.1, 0.15) is 17.2 Å². The first-order valence-electron chi connectivity index (χ1n) is 5.63. The maximum Gasteiger partial charge on any atom is 0.461 e. The van der Waals surface area contributed by atoms with Gasteiger partial charge < -0.3 is 10.5 Å². The van der Waals surface area contributed by atoms with Gasteiger partial charge >= 0.3 is 12.5 Å².